The summed E-state index contributed by atoms with van der Waals surface area (Å²) in [7, 11) is -3.84. The van der Waals surface area contributed by atoms with Crippen molar-refractivity contribution in [1.82, 2.24) is 0 Å². The lowest BCUT2D eigenvalue weighted by Crippen LogP contribution is -2.22. The Balaban J connectivity index is 2.50. The third kappa shape index (κ3) is 5.46. The minimum atomic E-state index is -3.84. The molecule has 0 saturated heterocycles. The van der Waals surface area contributed by atoms with Crippen molar-refractivity contribution in [3.8, 4) is 5.75 Å². The summed E-state index contributed by atoms with van der Waals surface area (Å²) in [6.45, 7) is 1.85. The molecule has 0 aliphatic carbocycles. The van der Waals surface area contributed by atoms with Crippen LogP contribution in [0.15, 0.2) is 30.3 Å². The molecule has 0 spiro atoms. The molecule has 94 valence electrons. The van der Waals surface area contributed by atoms with Crippen molar-refractivity contribution >= 4 is 16.1 Å². The van der Waals surface area contributed by atoms with Crippen molar-refractivity contribution < 1.29 is 22.1 Å². The quantitative estimate of drug-likeness (QED) is 0.437. The molecule has 5 nitrogen and oxygen atoms in total. The number of benzene rings is 1. The Morgan fingerprint density at radius 2 is 1.88 bits per heavy atom. The molecule has 17 heavy (non-hydrogen) atoms. The molecule has 0 aliphatic heterocycles. The lowest BCUT2D eigenvalue weighted by atomic mass is 10.3. The van der Waals surface area contributed by atoms with E-state index in [4.69, 9.17) is 4.74 Å². The van der Waals surface area contributed by atoms with Crippen molar-refractivity contribution in [3.05, 3.63) is 30.3 Å². The minimum Gasteiger partial charge on any atom is -0.426 e. The Morgan fingerprint density at radius 3 is 2.47 bits per heavy atom. The third-order valence-electron chi connectivity index (χ3n) is 1.74. The Bertz CT molecular complexity index is 452. The number of para-hydroxylation sites is 1. The number of ether oxygens (including phenoxy) is 1. The number of esters is 1. The molecular weight excluding hydrogens is 244 g/mol. The van der Waals surface area contributed by atoms with Gasteiger partial charge in [0.25, 0.3) is 10.1 Å². The zero-order valence-electron chi connectivity index (χ0n) is 9.46. The molecule has 0 atom stereocenters. The molecule has 6 heteroatoms. The van der Waals surface area contributed by atoms with Gasteiger partial charge in [0.05, 0.1) is 6.61 Å². The molecule has 1 aromatic carbocycles. The van der Waals surface area contributed by atoms with Crippen LogP contribution in [0.3, 0.4) is 0 Å². The smallest absolute Gasteiger partial charge is 0.329 e. The van der Waals surface area contributed by atoms with Gasteiger partial charge in [-0.15, -0.1) is 0 Å². The highest BCUT2D eigenvalue weighted by Crippen LogP contribution is 2.09. The first-order chi connectivity index (χ1) is 8.03. The van der Waals surface area contributed by atoms with Crippen molar-refractivity contribution in [1.29, 1.82) is 0 Å². The standard InChI is InChI=1S/C11H14O5S/c1-2-8-15-17(13,14)9-11(12)16-10-6-4-3-5-7-10/h3-7H,2,8-9H2,1H3. The van der Waals surface area contributed by atoms with Crippen LogP contribution in [0.5, 0.6) is 5.75 Å². The fourth-order valence-corrected chi connectivity index (χ4v) is 1.90. The molecule has 1 rings (SSSR count). The van der Waals surface area contributed by atoms with Crippen LogP contribution >= 0.6 is 0 Å². The molecule has 0 N–H and O–H groups in total. The number of hydrogen-bond acceptors (Lipinski definition) is 5. The van der Waals surface area contributed by atoms with E-state index in [2.05, 4.69) is 4.18 Å². The maximum Gasteiger partial charge on any atom is 0.329 e. The molecule has 0 bridgehead atoms. The van der Waals surface area contributed by atoms with E-state index in [0.717, 1.165) is 0 Å². The Kier molecular flexibility index (Phi) is 5.11. The lowest BCUT2D eigenvalue weighted by Gasteiger charge is -2.05. The highest BCUT2D eigenvalue weighted by molar-refractivity contribution is 7.87. The maximum absolute atomic E-state index is 11.3. The first-order valence-corrected chi connectivity index (χ1v) is 6.74. The summed E-state index contributed by atoms with van der Waals surface area (Å²) in [5.74, 6) is -1.32. The normalized spacial score (nSPS) is 11.1. The van der Waals surface area contributed by atoms with E-state index in [0.29, 0.717) is 12.2 Å². The van der Waals surface area contributed by atoms with Gasteiger partial charge in [-0.1, -0.05) is 25.1 Å². The van der Waals surface area contributed by atoms with E-state index in [9.17, 15) is 13.2 Å². The molecule has 0 heterocycles. The molecule has 0 saturated carbocycles. The molecule has 0 aliphatic rings. The Labute approximate surface area is 100 Å². The monoisotopic (exact) mass is 258 g/mol. The van der Waals surface area contributed by atoms with Crippen LogP contribution < -0.4 is 4.74 Å². The third-order valence-corrected chi connectivity index (χ3v) is 2.85. The van der Waals surface area contributed by atoms with Crippen molar-refractivity contribution in [2.24, 2.45) is 0 Å². The first kappa shape index (κ1) is 13.7. The van der Waals surface area contributed by atoms with E-state index in [1.807, 2.05) is 0 Å². The fourth-order valence-electron chi connectivity index (χ4n) is 1.05. The Hall–Kier alpha value is -1.40. The molecule has 0 fully saturated rings. The van der Waals surface area contributed by atoms with Gasteiger partial charge in [-0.2, -0.15) is 8.42 Å². The molecule has 0 radical (unpaired) electrons. The average molecular weight is 258 g/mol. The summed E-state index contributed by atoms with van der Waals surface area (Å²) >= 11 is 0. The van der Waals surface area contributed by atoms with Crippen LogP contribution in [-0.4, -0.2) is 26.7 Å². The highest BCUT2D eigenvalue weighted by atomic mass is 32.2. The predicted octanol–water partition coefficient (Wildman–Crippen LogP) is 1.35. The van der Waals surface area contributed by atoms with Crippen LogP contribution in [0.1, 0.15) is 13.3 Å². The largest absolute Gasteiger partial charge is 0.426 e. The lowest BCUT2D eigenvalue weighted by molar-refractivity contribution is -0.131. The molecular formula is C11H14O5S. The number of carbonyl (C=O) groups is 1. The van der Waals surface area contributed by atoms with E-state index in [-0.39, 0.29) is 6.61 Å². The van der Waals surface area contributed by atoms with Crippen LogP contribution in [0.4, 0.5) is 0 Å². The second kappa shape index (κ2) is 6.36. The topological polar surface area (TPSA) is 69.7 Å². The maximum atomic E-state index is 11.3. The van der Waals surface area contributed by atoms with Crippen molar-refractivity contribution in [3.63, 3.8) is 0 Å². The van der Waals surface area contributed by atoms with E-state index in [1.54, 1.807) is 37.3 Å². The molecule has 0 amide bonds. The second-order valence-corrected chi connectivity index (χ2v) is 4.95. The van der Waals surface area contributed by atoms with Gasteiger partial charge in [-0.3, -0.25) is 8.98 Å². The molecule has 0 unspecified atom stereocenters. The number of carbonyl (C=O) groups excluding carboxylic acids is 1. The van der Waals surface area contributed by atoms with Gasteiger partial charge in [0.1, 0.15) is 5.75 Å². The average Bonchev–Trinajstić information content (AvgIpc) is 2.27. The zero-order valence-corrected chi connectivity index (χ0v) is 10.3. The summed E-state index contributed by atoms with van der Waals surface area (Å²) in [5.41, 5.74) is 0. The van der Waals surface area contributed by atoms with Crippen molar-refractivity contribution in [2.75, 3.05) is 12.4 Å². The van der Waals surface area contributed by atoms with Gasteiger partial charge in [0, 0.05) is 0 Å². The summed E-state index contributed by atoms with van der Waals surface area (Å²) in [4.78, 5) is 11.3. The number of hydrogen-bond donors (Lipinski definition) is 0. The van der Waals surface area contributed by atoms with Crippen LogP contribution in [0.2, 0.25) is 0 Å². The fraction of sp³-hybridized carbons (Fsp3) is 0.364. The van der Waals surface area contributed by atoms with Gasteiger partial charge in [-0.25, -0.2) is 0 Å². The summed E-state index contributed by atoms with van der Waals surface area (Å²) in [6.07, 6.45) is 0.562. The summed E-state index contributed by atoms with van der Waals surface area (Å²) in [5, 5.41) is 0. The van der Waals surface area contributed by atoms with E-state index in [1.165, 1.54) is 0 Å². The second-order valence-electron chi connectivity index (χ2n) is 3.31. The van der Waals surface area contributed by atoms with Gasteiger partial charge in [0.15, 0.2) is 5.75 Å². The number of rotatable bonds is 6. The van der Waals surface area contributed by atoms with Crippen LogP contribution in [-0.2, 0) is 19.1 Å². The first-order valence-electron chi connectivity index (χ1n) is 5.16. The van der Waals surface area contributed by atoms with Gasteiger partial charge in [0.2, 0.25) is 0 Å². The van der Waals surface area contributed by atoms with Crippen molar-refractivity contribution in [2.45, 2.75) is 13.3 Å². The predicted molar refractivity (Wildman–Crippen MR) is 62.1 cm³/mol. The van der Waals surface area contributed by atoms with E-state index >= 15 is 0 Å². The Morgan fingerprint density at radius 1 is 1.24 bits per heavy atom. The molecule has 1 aromatic rings. The molecule has 0 aromatic heterocycles. The zero-order chi connectivity index (χ0) is 12.7. The summed E-state index contributed by atoms with van der Waals surface area (Å²) in [6, 6.07) is 8.27. The summed E-state index contributed by atoms with van der Waals surface area (Å²) < 4.78 is 31.9. The van der Waals surface area contributed by atoms with Crippen LogP contribution in [0.25, 0.3) is 0 Å². The van der Waals surface area contributed by atoms with Gasteiger partial charge in [-0.05, 0) is 18.6 Å². The van der Waals surface area contributed by atoms with Crippen LogP contribution in [0, 0.1) is 0 Å². The minimum absolute atomic E-state index is 0.0704. The highest BCUT2D eigenvalue weighted by Gasteiger charge is 2.18. The SMILES string of the molecule is CCCOS(=O)(=O)CC(=O)Oc1ccccc1. The van der Waals surface area contributed by atoms with E-state index < -0.39 is 21.8 Å². The van der Waals surface area contributed by atoms with Gasteiger partial charge >= 0.3 is 5.97 Å². The van der Waals surface area contributed by atoms with Gasteiger partial charge < -0.3 is 4.74 Å².